The number of aryl methyl sites for hydroxylation is 2. The lowest BCUT2D eigenvalue weighted by Crippen LogP contribution is -2.49. The van der Waals surface area contributed by atoms with Crippen molar-refractivity contribution < 1.29 is 9.59 Å². The first-order chi connectivity index (χ1) is 14.5. The van der Waals surface area contributed by atoms with Gasteiger partial charge in [-0.3, -0.25) is 14.5 Å². The maximum absolute atomic E-state index is 12.9. The van der Waals surface area contributed by atoms with Gasteiger partial charge in [0.2, 0.25) is 0 Å². The zero-order valence-electron chi connectivity index (χ0n) is 17.5. The molecule has 5 heteroatoms. The Bertz CT molecular complexity index is 1030. The van der Waals surface area contributed by atoms with E-state index in [1.54, 1.807) is 0 Å². The number of nitrogens with one attached hydrogen (secondary N) is 1. The summed E-state index contributed by atoms with van der Waals surface area (Å²) in [5.41, 5.74) is 5.64. The molecule has 30 heavy (non-hydrogen) atoms. The monoisotopic (exact) mass is 401 g/mol. The van der Waals surface area contributed by atoms with Crippen molar-refractivity contribution in [1.29, 1.82) is 0 Å². The van der Waals surface area contributed by atoms with Gasteiger partial charge in [0.15, 0.2) is 5.78 Å². The number of aromatic nitrogens is 1. The van der Waals surface area contributed by atoms with Crippen molar-refractivity contribution in [2.45, 2.75) is 13.8 Å². The number of carbonyl (C=O) groups is 2. The smallest absolute Gasteiger partial charge is 0.253 e. The van der Waals surface area contributed by atoms with Crippen molar-refractivity contribution in [2.75, 3.05) is 32.7 Å². The quantitative estimate of drug-likeness (QED) is 0.659. The van der Waals surface area contributed by atoms with Gasteiger partial charge in [-0.1, -0.05) is 42.5 Å². The Hall–Kier alpha value is -3.18. The van der Waals surface area contributed by atoms with E-state index in [0.29, 0.717) is 38.3 Å². The van der Waals surface area contributed by atoms with E-state index in [9.17, 15) is 9.59 Å². The van der Waals surface area contributed by atoms with Crippen LogP contribution in [0.3, 0.4) is 0 Å². The lowest BCUT2D eigenvalue weighted by molar-refractivity contribution is 0.0624. The average Bonchev–Trinajstić information content (AvgIpc) is 3.12. The maximum atomic E-state index is 12.9. The summed E-state index contributed by atoms with van der Waals surface area (Å²) >= 11 is 0. The van der Waals surface area contributed by atoms with Crippen LogP contribution in [-0.2, 0) is 0 Å². The third-order valence-electron chi connectivity index (χ3n) is 5.72. The van der Waals surface area contributed by atoms with E-state index in [4.69, 9.17) is 0 Å². The van der Waals surface area contributed by atoms with E-state index < -0.39 is 0 Å². The molecular formula is C25H27N3O2. The summed E-state index contributed by atoms with van der Waals surface area (Å²) < 4.78 is 0. The van der Waals surface area contributed by atoms with Crippen LogP contribution < -0.4 is 0 Å². The summed E-state index contributed by atoms with van der Waals surface area (Å²) in [6.45, 7) is 6.98. The predicted octanol–water partition coefficient (Wildman–Crippen LogP) is 3.94. The second-order valence-electron chi connectivity index (χ2n) is 7.93. The van der Waals surface area contributed by atoms with Crippen LogP contribution in [0.15, 0.2) is 60.7 Å². The number of carbonyl (C=O) groups excluding carboxylic acids is 2. The number of nitrogens with zero attached hydrogens (tertiary/aromatic N) is 2. The summed E-state index contributed by atoms with van der Waals surface area (Å²) in [4.78, 5) is 32.7. The molecule has 1 aliphatic heterocycles. The summed E-state index contributed by atoms with van der Waals surface area (Å²) in [5.74, 6) is 0.186. The molecule has 4 rings (SSSR count). The van der Waals surface area contributed by atoms with Crippen molar-refractivity contribution in [3.8, 4) is 11.1 Å². The Morgan fingerprint density at radius 1 is 0.867 bits per heavy atom. The van der Waals surface area contributed by atoms with E-state index in [1.807, 2.05) is 67.3 Å². The zero-order valence-corrected chi connectivity index (χ0v) is 17.5. The first-order valence-electron chi connectivity index (χ1n) is 10.4. The van der Waals surface area contributed by atoms with Crippen molar-refractivity contribution >= 4 is 11.7 Å². The highest BCUT2D eigenvalue weighted by molar-refractivity contribution is 5.99. The van der Waals surface area contributed by atoms with Gasteiger partial charge in [-0.15, -0.1) is 0 Å². The fourth-order valence-electron chi connectivity index (χ4n) is 4.03. The van der Waals surface area contributed by atoms with E-state index in [1.165, 1.54) is 0 Å². The van der Waals surface area contributed by atoms with Gasteiger partial charge in [-0.25, -0.2) is 0 Å². The molecule has 0 aliphatic carbocycles. The number of aromatic amines is 1. The molecule has 1 fully saturated rings. The van der Waals surface area contributed by atoms with Crippen LogP contribution in [0.5, 0.6) is 0 Å². The number of benzene rings is 2. The molecule has 0 unspecified atom stereocenters. The molecule has 2 aromatic carbocycles. The lowest BCUT2D eigenvalue weighted by atomic mass is 10.0. The first-order valence-corrected chi connectivity index (χ1v) is 10.4. The highest BCUT2D eigenvalue weighted by atomic mass is 16.2. The maximum Gasteiger partial charge on any atom is 0.253 e. The van der Waals surface area contributed by atoms with Gasteiger partial charge in [0.1, 0.15) is 0 Å². The number of rotatable bonds is 5. The minimum Gasteiger partial charge on any atom is -0.362 e. The molecule has 1 aromatic heterocycles. The largest absolute Gasteiger partial charge is 0.362 e. The number of hydrogen-bond donors (Lipinski definition) is 1. The van der Waals surface area contributed by atoms with Gasteiger partial charge < -0.3 is 9.88 Å². The summed E-state index contributed by atoms with van der Waals surface area (Å²) in [6.07, 6.45) is 0. The molecular weight excluding hydrogens is 374 g/mol. The van der Waals surface area contributed by atoms with E-state index in [0.717, 1.165) is 28.1 Å². The Kier molecular flexibility index (Phi) is 5.81. The minimum absolute atomic E-state index is 0.0534. The molecule has 5 nitrogen and oxygen atoms in total. The third-order valence-corrected chi connectivity index (χ3v) is 5.72. The molecule has 0 radical (unpaired) electrons. The second kappa shape index (κ2) is 8.67. The normalized spacial score (nSPS) is 14.7. The predicted molar refractivity (Wildman–Crippen MR) is 119 cm³/mol. The van der Waals surface area contributed by atoms with Crippen LogP contribution in [0, 0.1) is 13.8 Å². The summed E-state index contributed by atoms with van der Waals surface area (Å²) in [5, 5.41) is 0. The number of amides is 1. The van der Waals surface area contributed by atoms with Gasteiger partial charge in [-0.2, -0.15) is 0 Å². The minimum atomic E-state index is 0.0534. The van der Waals surface area contributed by atoms with Gasteiger partial charge in [0.05, 0.1) is 6.54 Å². The van der Waals surface area contributed by atoms with E-state index >= 15 is 0 Å². The van der Waals surface area contributed by atoms with E-state index in [2.05, 4.69) is 22.0 Å². The highest BCUT2D eigenvalue weighted by Crippen LogP contribution is 2.20. The second-order valence-corrected chi connectivity index (χ2v) is 7.93. The van der Waals surface area contributed by atoms with Gasteiger partial charge >= 0.3 is 0 Å². The average molecular weight is 402 g/mol. The van der Waals surface area contributed by atoms with Crippen LogP contribution in [0.4, 0.5) is 0 Å². The van der Waals surface area contributed by atoms with Gasteiger partial charge in [0, 0.05) is 48.7 Å². The Morgan fingerprint density at radius 2 is 1.50 bits per heavy atom. The third kappa shape index (κ3) is 4.36. The molecule has 154 valence electrons. The lowest BCUT2D eigenvalue weighted by Gasteiger charge is -2.34. The molecule has 1 N–H and O–H groups in total. The van der Waals surface area contributed by atoms with Crippen molar-refractivity contribution in [3.05, 3.63) is 83.2 Å². The van der Waals surface area contributed by atoms with Crippen LogP contribution in [-0.4, -0.2) is 59.2 Å². The number of ketones is 1. The van der Waals surface area contributed by atoms with Gasteiger partial charge in [-0.05, 0) is 43.2 Å². The fraction of sp³-hybridized carbons (Fsp3) is 0.280. The number of hydrogen-bond acceptors (Lipinski definition) is 3. The molecule has 1 saturated heterocycles. The zero-order chi connectivity index (χ0) is 21.1. The number of H-pyrrole nitrogens is 1. The molecule has 2 heterocycles. The van der Waals surface area contributed by atoms with Crippen LogP contribution >= 0.6 is 0 Å². The van der Waals surface area contributed by atoms with Crippen LogP contribution in [0.2, 0.25) is 0 Å². The molecule has 0 saturated carbocycles. The Balaban J connectivity index is 1.33. The summed E-state index contributed by atoms with van der Waals surface area (Å²) in [7, 11) is 0. The Morgan fingerprint density at radius 3 is 2.10 bits per heavy atom. The molecule has 0 bridgehead atoms. The molecule has 0 atom stereocenters. The van der Waals surface area contributed by atoms with Crippen LogP contribution in [0.25, 0.3) is 11.1 Å². The molecule has 1 aliphatic rings. The molecule has 1 amide bonds. The summed E-state index contributed by atoms with van der Waals surface area (Å²) in [6, 6.07) is 19.9. The van der Waals surface area contributed by atoms with Crippen molar-refractivity contribution in [1.82, 2.24) is 14.8 Å². The number of Topliss-reactive ketones (excluding diaryl/α,β-unsaturated/α-hetero) is 1. The van der Waals surface area contributed by atoms with Crippen molar-refractivity contribution in [2.24, 2.45) is 0 Å². The van der Waals surface area contributed by atoms with Crippen LogP contribution in [0.1, 0.15) is 32.1 Å². The Labute approximate surface area is 177 Å². The fourth-order valence-corrected chi connectivity index (χ4v) is 4.03. The SMILES string of the molecule is Cc1cc(C(=O)CN2CCN(C(=O)c3ccc(-c4ccccc4)cc3)CC2)c(C)[nH]1. The highest BCUT2D eigenvalue weighted by Gasteiger charge is 2.24. The first kappa shape index (κ1) is 20.1. The van der Waals surface area contributed by atoms with Crippen molar-refractivity contribution in [3.63, 3.8) is 0 Å². The topological polar surface area (TPSA) is 56.4 Å². The molecule has 3 aromatic rings. The van der Waals surface area contributed by atoms with E-state index in [-0.39, 0.29) is 11.7 Å². The molecule has 0 spiro atoms. The number of piperazine rings is 1. The standard InChI is InChI=1S/C25H27N3O2/c1-18-16-23(19(2)26-18)24(29)17-27-12-14-28(15-13-27)25(30)22-10-8-21(9-11-22)20-6-4-3-5-7-20/h3-11,16,26H,12-15,17H2,1-2H3. The van der Waals surface area contributed by atoms with Gasteiger partial charge in [0.25, 0.3) is 5.91 Å².